The third-order valence-corrected chi connectivity index (χ3v) is 10.2. The van der Waals surface area contributed by atoms with Gasteiger partial charge < -0.3 is 9.84 Å². The van der Waals surface area contributed by atoms with Crippen molar-refractivity contribution in [2.24, 2.45) is 0 Å². The van der Waals surface area contributed by atoms with Crippen LogP contribution >= 0.6 is 11.6 Å². The van der Waals surface area contributed by atoms with Crippen molar-refractivity contribution < 1.29 is 31.5 Å². The zero-order chi connectivity index (χ0) is 30.4. The van der Waals surface area contributed by atoms with E-state index in [9.17, 15) is 26.7 Å². The Hall–Kier alpha value is -3.44. The van der Waals surface area contributed by atoms with Crippen LogP contribution in [0.25, 0.3) is 22.8 Å². The number of aliphatic hydroxyl groups excluding tert-OH is 1. The van der Waals surface area contributed by atoms with Crippen molar-refractivity contribution in [2.75, 3.05) is 25.6 Å². The van der Waals surface area contributed by atoms with Gasteiger partial charge in [0.05, 0.1) is 9.79 Å². The number of rotatable bonds is 7. The third-order valence-electron chi connectivity index (χ3n) is 7.65. The molecule has 5 rings (SSSR count). The number of carbonyl (C=O) groups is 1. The fourth-order valence-electron chi connectivity index (χ4n) is 5.55. The summed E-state index contributed by atoms with van der Waals surface area (Å²) in [6.45, 7) is 5.33. The summed E-state index contributed by atoms with van der Waals surface area (Å²) in [6, 6.07) is 16.3. The highest BCUT2D eigenvalue weighted by Crippen LogP contribution is 2.44. The maximum Gasteiger partial charge on any atom is 0.343 e. The molecule has 0 aromatic heterocycles. The molecule has 2 aliphatic heterocycles. The van der Waals surface area contributed by atoms with Gasteiger partial charge in [0.2, 0.25) is 0 Å². The lowest BCUT2D eigenvalue weighted by atomic mass is 9.87. The summed E-state index contributed by atoms with van der Waals surface area (Å²) in [6.07, 6.45) is 4.93. The molecule has 1 saturated heterocycles. The first kappa shape index (κ1) is 30.0. The van der Waals surface area contributed by atoms with Gasteiger partial charge in [-0.05, 0) is 72.5 Å². The van der Waals surface area contributed by atoms with Gasteiger partial charge in [-0.25, -0.2) is 21.6 Å². The number of halogens is 1. The highest BCUT2D eigenvalue weighted by atomic mass is 35.5. The summed E-state index contributed by atoms with van der Waals surface area (Å²) in [5, 5.41) is 11.8. The molecule has 3 aromatic carbocycles. The molecule has 0 aliphatic carbocycles. The maximum atomic E-state index is 13.3. The van der Waals surface area contributed by atoms with Gasteiger partial charge >= 0.3 is 5.97 Å². The summed E-state index contributed by atoms with van der Waals surface area (Å²) in [4.78, 5) is 15.7. The molecule has 1 spiro atoms. The van der Waals surface area contributed by atoms with Crippen molar-refractivity contribution in [1.29, 1.82) is 0 Å². The Balaban J connectivity index is 1.47. The van der Waals surface area contributed by atoms with E-state index in [0.29, 0.717) is 48.2 Å². The second-order valence-corrected chi connectivity index (χ2v) is 15.2. The third kappa shape index (κ3) is 5.76. The van der Waals surface area contributed by atoms with Crippen molar-refractivity contribution in [2.45, 2.75) is 34.8 Å². The number of carbonyl (C=O) groups excluding carboxylic acids is 1. The van der Waals surface area contributed by atoms with E-state index in [1.54, 1.807) is 54.6 Å². The number of hydrogen-bond acceptors (Lipinski definition) is 8. The molecule has 1 unspecified atom stereocenters. The Morgan fingerprint density at radius 2 is 1.69 bits per heavy atom. The van der Waals surface area contributed by atoms with Gasteiger partial charge in [0.25, 0.3) is 0 Å². The Kier molecular flexibility index (Phi) is 7.86. The summed E-state index contributed by atoms with van der Waals surface area (Å²) in [5.74, 6) is -0.839. The molecule has 3 aromatic rings. The minimum Gasteiger partial charge on any atom is -0.507 e. The molecule has 11 heteroatoms. The molecule has 0 saturated carbocycles. The zero-order valence-electron chi connectivity index (χ0n) is 23.1. The average Bonchev–Trinajstić information content (AvgIpc) is 3.15. The predicted molar refractivity (Wildman–Crippen MR) is 163 cm³/mol. The zero-order valence-corrected chi connectivity index (χ0v) is 25.5. The van der Waals surface area contributed by atoms with Crippen molar-refractivity contribution in [3.05, 3.63) is 94.7 Å². The van der Waals surface area contributed by atoms with E-state index in [4.69, 9.17) is 16.3 Å². The Morgan fingerprint density at radius 3 is 2.33 bits per heavy atom. The highest BCUT2D eigenvalue weighted by molar-refractivity contribution is 7.91. The van der Waals surface area contributed by atoms with E-state index in [2.05, 4.69) is 11.5 Å². The molecule has 2 heterocycles. The number of ether oxygens (including phenoxy) is 1. The van der Waals surface area contributed by atoms with E-state index in [-0.39, 0.29) is 32.7 Å². The number of hydrogen-bond donors (Lipinski definition) is 1. The van der Waals surface area contributed by atoms with E-state index in [1.807, 2.05) is 0 Å². The van der Waals surface area contributed by atoms with Gasteiger partial charge in [0.1, 0.15) is 5.57 Å². The van der Waals surface area contributed by atoms with Crippen LogP contribution in [0.4, 0.5) is 0 Å². The Labute approximate surface area is 250 Å². The van der Waals surface area contributed by atoms with E-state index in [1.165, 1.54) is 12.1 Å². The van der Waals surface area contributed by atoms with Gasteiger partial charge in [-0.15, -0.1) is 0 Å². The molecule has 0 radical (unpaired) electrons. The number of piperidine rings is 1. The maximum absolute atomic E-state index is 13.3. The van der Waals surface area contributed by atoms with Gasteiger partial charge in [0, 0.05) is 41.8 Å². The molecular weight excluding hydrogens is 598 g/mol. The van der Waals surface area contributed by atoms with Crippen molar-refractivity contribution in [1.82, 2.24) is 4.90 Å². The molecule has 2 aliphatic rings. The van der Waals surface area contributed by atoms with Crippen LogP contribution in [0.3, 0.4) is 0 Å². The second kappa shape index (κ2) is 11.0. The largest absolute Gasteiger partial charge is 0.507 e. The van der Waals surface area contributed by atoms with Crippen LogP contribution in [0.1, 0.15) is 29.5 Å². The second-order valence-electron chi connectivity index (χ2n) is 10.8. The Bertz CT molecular complexity index is 1850. The predicted octanol–water partition coefficient (Wildman–Crippen LogP) is 5.32. The van der Waals surface area contributed by atoms with Crippen molar-refractivity contribution >= 4 is 48.9 Å². The minimum absolute atomic E-state index is 0.0163. The number of esters is 1. The molecule has 0 amide bonds. The van der Waals surface area contributed by atoms with Crippen LogP contribution in [0, 0.1) is 0 Å². The Morgan fingerprint density at radius 1 is 1.00 bits per heavy atom. The quantitative estimate of drug-likeness (QED) is 0.350. The fourth-order valence-corrected chi connectivity index (χ4v) is 7.12. The molecule has 220 valence electrons. The SMILES string of the molecule is C=Cc1cc(-c2cccc(S(C)(=O)=O)c2)c(Cl)cc1C1=C(O)C2(CCCN(Cc3ccc(S(C)(=O)=O)cc3)C2)OC1=O. The van der Waals surface area contributed by atoms with E-state index in [0.717, 1.165) is 18.1 Å². The van der Waals surface area contributed by atoms with Crippen LogP contribution < -0.4 is 0 Å². The van der Waals surface area contributed by atoms with E-state index >= 15 is 0 Å². The van der Waals surface area contributed by atoms with Gasteiger partial charge in [-0.1, -0.05) is 48.5 Å². The molecule has 1 atom stereocenters. The molecule has 1 fully saturated rings. The van der Waals surface area contributed by atoms with Gasteiger partial charge in [-0.3, -0.25) is 4.90 Å². The molecule has 0 bridgehead atoms. The van der Waals surface area contributed by atoms with E-state index < -0.39 is 31.2 Å². The lowest BCUT2D eigenvalue weighted by Crippen LogP contribution is -2.49. The summed E-state index contributed by atoms with van der Waals surface area (Å²) in [5.41, 5.74) is 1.69. The first-order valence-corrected chi connectivity index (χ1v) is 17.3. The van der Waals surface area contributed by atoms with Crippen LogP contribution in [-0.2, 0) is 35.8 Å². The van der Waals surface area contributed by atoms with Crippen molar-refractivity contribution in [3.8, 4) is 11.1 Å². The van der Waals surface area contributed by atoms with Crippen LogP contribution in [0.5, 0.6) is 0 Å². The van der Waals surface area contributed by atoms with Gasteiger partial charge in [0.15, 0.2) is 31.0 Å². The number of aliphatic hydroxyl groups is 1. The van der Waals surface area contributed by atoms with Crippen molar-refractivity contribution in [3.63, 3.8) is 0 Å². The first-order chi connectivity index (χ1) is 19.7. The number of likely N-dealkylation sites (tertiary alicyclic amines) is 1. The highest BCUT2D eigenvalue weighted by Gasteiger charge is 2.51. The lowest BCUT2D eigenvalue weighted by Gasteiger charge is -2.39. The smallest absolute Gasteiger partial charge is 0.343 e. The minimum atomic E-state index is -3.44. The summed E-state index contributed by atoms with van der Waals surface area (Å²) >= 11 is 6.68. The number of benzene rings is 3. The van der Waals surface area contributed by atoms with Crippen LogP contribution in [0.15, 0.2) is 82.8 Å². The standard InChI is InChI=1S/C31H30ClNO7S2/c1-4-21-16-25(22-7-5-8-24(15-22)42(3,38)39)27(32)17-26(21)28-29(34)31(40-30(28)35)13-6-14-33(19-31)18-20-9-11-23(12-10-20)41(2,36)37/h4-5,7-12,15-17,34H,1,6,13-14,18-19H2,2-3H3. The average molecular weight is 628 g/mol. The normalized spacial score (nSPS) is 19.7. The van der Waals surface area contributed by atoms with Crippen LogP contribution in [-0.4, -0.2) is 64.0 Å². The molecule has 1 N–H and O–H groups in total. The monoisotopic (exact) mass is 627 g/mol. The topological polar surface area (TPSA) is 118 Å². The molecular formula is C31H30ClNO7S2. The fraction of sp³-hybridized carbons (Fsp3) is 0.258. The summed E-state index contributed by atoms with van der Waals surface area (Å²) in [7, 11) is -6.74. The molecule has 42 heavy (non-hydrogen) atoms. The molecule has 8 nitrogen and oxygen atoms in total. The van der Waals surface area contributed by atoms with Crippen LogP contribution in [0.2, 0.25) is 5.02 Å². The number of nitrogens with zero attached hydrogens (tertiary/aromatic N) is 1. The number of sulfone groups is 2. The summed E-state index contributed by atoms with van der Waals surface area (Å²) < 4.78 is 53.6. The first-order valence-electron chi connectivity index (χ1n) is 13.2. The van der Waals surface area contributed by atoms with Gasteiger partial charge in [-0.2, -0.15) is 0 Å². The lowest BCUT2D eigenvalue weighted by molar-refractivity contribution is -0.151.